The summed E-state index contributed by atoms with van der Waals surface area (Å²) in [5, 5.41) is 3.92. The zero-order valence-corrected chi connectivity index (χ0v) is 20.4. The lowest BCUT2D eigenvalue weighted by molar-refractivity contribution is -0.0471. The first-order valence-electron chi connectivity index (χ1n) is 12.5. The molecule has 0 aromatic heterocycles. The zero-order chi connectivity index (χ0) is 23.4. The van der Waals surface area contributed by atoms with Crippen LogP contribution in [0.3, 0.4) is 0 Å². The lowest BCUT2D eigenvalue weighted by Crippen LogP contribution is -2.50. The Labute approximate surface area is 201 Å². The van der Waals surface area contributed by atoms with Crippen LogP contribution in [0, 0.1) is 12.8 Å². The number of rotatable bonds is 5. The number of carbonyl (C=O) groups excluding carboxylic acids is 1. The monoisotopic (exact) mass is 482 g/mol. The molecule has 2 saturated heterocycles. The van der Waals surface area contributed by atoms with Gasteiger partial charge >= 0.3 is 6.03 Å². The van der Waals surface area contributed by atoms with Gasteiger partial charge in [0.1, 0.15) is 0 Å². The fourth-order valence-corrected chi connectivity index (χ4v) is 5.58. The Morgan fingerprint density at radius 1 is 1.06 bits per heavy atom. The molecular weight excluding hydrogens is 446 g/mol. The molecule has 1 saturated carbocycles. The van der Waals surface area contributed by atoms with Crippen LogP contribution >= 0.6 is 11.6 Å². The topological polar surface area (TPSA) is 38.8 Å². The van der Waals surface area contributed by atoms with Gasteiger partial charge in [-0.3, -0.25) is 4.90 Å². The number of nitrogens with one attached hydrogen (secondary N) is 1. The summed E-state index contributed by atoms with van der Waals surface area (Å²) in [6.45, 7) is 7.74. The van der Waals surface area contributed by atoms with E-state index < -0.39 is 5.92 Å². The number of urea groups is 1. The molecule has 0 bridgehead atoms. The second-order valence-corrected chi connectivity index (χ2v) is 10.4. The van der Waals surface area contributed by atoms with Crippen LogP contribution in [0.1, 0.15) is 50.5 Å². The summed E-state index contributed by atoms with van der Waals surface area (Å²) in [5.74, 6) is -1.91. The van der Waals surface area contributed by atoms with Crippen molar-refractivity contribution < 1.29 is 13.6 Å². The molecule has 2 aliphatic heterocycles. The molecule has 0 spiro atoms. The van der Waals surface area contributed by atoms with Crippen molar-refractivity contribution in [2.75, 3.05) is 50.7 Å². The number of nitrogens with zero attached hydrogens (tertiary/aromatic N) is 3. The first kappa shape index (κ1) is 24.5. The maximum atomic E-state index is 13.3. The van der Waals surface area contributed by atoms with Crippen molar-refractivity contribution in [3.63, 3.8) is 0 Å². The quantitative estimate of drug-likeness (QED) is 0.630. The molecule has 0 radical (unpaired) electrons. The molecule has 3 aliphatic rings. The van der Waals surface area contributed by atoms with Crippen LogP contribution in [0.15, 0.2) is 18.2 Å². The Morgan fingerprint density at radius 2 is 1.73 bits per heavy atom. The first-order chi connectivity index (χ1) is 15.8. The summed E-state index contributed by atoms with van der Waals surface area (Å²) < 4.78 is 26.6. The molecule has 2 amide bonds. The number of likely N-dealkylation sites (tertiary alicyclic amines) is 1. The minimum atomic E-state index is -2.62. The number of alkyl halides is 2. The number of carbonyl (C=O) groups is 1. The van der Waals surface area contributed by atoms with Crippen molar-refractivity contribution in [2.45, 2.75) is 63.8 Å². The van der Waals surface area contributed by atoms with Gasteiger partial charge in [0, 0.05) is 68.9 Å². The van der Waals surface area contributed by atoms with Gasteiger partial charge in [-0.1, -0.05) is 17.7 Å². The zero-order valence-electron chi connectivity index (χ0n) is 19.7. The van der Waals surface area contributed by atoms with Crippen LogP contribution in [0.2, 0.25) is 5.02 Å². The highest BCUT2D eigenvalue weighted by Crippen LogP contribution is 2.30. The largest absolute Gasteiger partial charge is 0.369 e. The maximum absolute atomic E-state index is 13.3. The second-order valence-electron chi connectivity index (χ2n) is 10.0. The molecule has 184 valence electrons. The van der Waals surface area contributed by atoms with Crippen LogP contribution < -0.4 is 10.2 Å². The van der Waals surface area contributed by atoms with Crippen LogP contribution in [0.4, 0.5) is 19.3 Å². The van der Waals surface area contributed by atoms with Gasteiger partial charge in [0.25, 0.3) is 5.92 Å². The smallest absolute Gasteiger partial charge is 0.317 e. The molecule has 5 nitrogen and oxygen atoms in total. The number of hydrogen-bond acceptors (Lipinski definition) is 3. The minimum absolute atomic E-state index is 0.151. The highest BCUT2D eigenvalue weighted by Gasteiger charge is 2.36. The Bertz CT molecular complexity index is 798. The summed E-state index contributed by atoms with van der Waals surface area (Å²) >= 11 is 6.30. The van der Waals surface area contributed by atoms with Crippen molar-refractivity contribution >= 4 is 23.3 Å². The van der Waals surface area contributed by atoms with Crippen molar-refractivity contribution in [2.24, 2.45) is 5.92 Å². The third kappa shape index (κ3) is 6.50. The third-order valence-corrected chi connectivity index (χ3v) is 8.17. The molecule has 2 heterocycles. The number of amides is 2. The fraction of sp³-hybridized carbons (Fsp3) is 0.720. The Balaban J connectivity index is 1.12. The van der Waals surface area contributed by atoms with Crippen molar-refractivity contribution in [3.05, 3.63) is 28.8 Å². The van der Waals surface area contributed by atoms with E-state index in [4.69, 9.17) is 11.6 Å². The van der Waals surface area contributed by atoms with E-state index in [2.05, 4.69) is 28.1 Å². The lowest BCUT2D eigenvalue weighted by atomic mass is 9.84. The second kappa shape index (κ2) is 10.8. The molecule has 3 fully saturated rings. The van der Waals surface area contributed by atoms with Crippen molar-refractivity contribution in [1.29, 1.82) is 0 Å². The van der Waals surface area contributed by atoms with Crippen LogP contribution in [0.5, 0.6) is 0 Å². The number of anilines is 1. The molecule has 1 aromatic carbocycles. The van der Waals surface area contributed by atoms with E-state index in [9.17, 15) is 13.6 Å². The predicted octanol–water partition coefficient (Wildman–Crippen LogP) is 5.16. The maximum Gasteiger partial charge on any atom is 0.317 e. The molecular formula is C25H37ClF2N4O. The number of piperazine rings is 1. The number of benzene rings is 1. The molecule has 1 aromatic rings. The van der Waals surface area contributed by atoms with Gasteiger partial charge < -0.3 is 15.1 Å². The third-order valence-electron chi connectivity index (χ3n) is 7.76. The van der Waals surface area contributed by atoms with Gasteiger partial charge in [0.05, 0.1) is 0 Å². The van der Waals surface area contributed by atoms with Gasteiger partial charge in [-0.05, 0) is 69.2 Å². The number of hydrogen-bond donors (Lipinski definition) is 1. The Kier molecular flexibility index (Phi) is 8.00. The summed E-state index contributed by atoms with van der Waals surface area (Å²) in [7, 11) is 0. The Morgan fingerprint density at radius 3 is 2.39 bits per heavy atom. The summed E-state index contributed by atoms with van der Waals surface area (Å²) in [5.41, 5.74) is 2.41. The van der Waals surface area contributed by atoms with Crippen LogP contribution in [-0.2, 0) is 0 Å². The van der Waals surface area contributed by atoms with Crippen molar-refractivity contribution in [3.8, 4) is 0 Å². The van der Waals surface area contributed by atoms with Gasteiger partial charge in [0.2, 0.25) is 0 Å². The number of halogens is 3. The summed E-state index contributed by atoms with van der Waals surface area (Å²) in [6.07, 6.45) is 5.00. The SMILES string of the molecule is Cc1c(Cl)cccc1N1CCN(CCC2CCC(NC(=O)N3CCC(F)(F)CC3)CC2)CC1. The first-order valence-corrected chi connectivity index (χ1v) is 12.8. The molecule has 0 atom stereocenters. The molecule has 33 heavy (non-hydrogen) atoms. The van der Waals surface area contributed by atoms with Gasteiger partial charge in [-0.15, -0.1) is 0 Å². The van der Waals surface area contributed by atoms with E-state index in [0.717, 1.165) is 69.0 Å². The van der Waals surface area contributed by atoms with E-state index in [1.54, 1.807) is 4.90 Å². The lowest BCUT2D eigenvalue weighted by Gasteiger charge is -2.38. The van der Waals surface area contributed by atoms with Gasteiger partial charge in [0.15, 0.2) is 0 Å². The van der Waals surface area contributed by atoms with Crippen molar-refractivity contribution in [1.82, 2.24) is 15.1 Å². The average Bonchev–Trinajstić information content (AvgIpc) is 2.81. The van der Waals surface area contributed by atoms with Crippen LogP contribution in [0.25, 0.3) is 0 Å². The molecule has 1 N–H and O–H groups in total. The molecule has 1 aliphatic carbocycles. The highest BCUT2D eigenvalue weighted by atomic mass is 35.5. The van der Waals surface area contributed by atoms with E-state index in [-0.39, 0.29) is 38.0 Å². The molecule has 0 unspecified atom stereocenters. The summed E-state index contributed by atoms with van der Waals surface area (Å²) in [4.78, 5) is 19.0. The van der Waals surface area contributed by atoms with Crippen LogP contribution in [-0.4, -0.2) is 73.6 Å². The Hall–Kier alpha value is -1.60. The van der Waals surface area contributed by atoms with Gasteiger partial charge in [-0.2, -0.15) is 0 Å². The van der Waals surface area contributed by atoms with E-state index in [1.807, 2.05) is 12.1 Å². The average molecular weight is 483 g/mol. The fourth-order valence-electron chi connectivity index (χ4n) is 5.41. The standard InChI is InChI=1S/C25H37ClF2N4O/c1-19-22(26)3-2-4-23(19)31-17-15-30(16-18-31)12-9-20-5-7-21(8-6-20)29-24(33)32-13-10-25(27,28)11-14-32/h2-4,20-21H,5-18H2,1H3,(H,29,33). The summed E-state index contributed by atoms with van der Waals surface area (Å²) in [6, 6.07) is 6.16. The van der Waals surface area contributed by atoms with Gasteiger partial charge in [-0.25, -0.2) is 13.6 Å². The van der Waals surface area contributed by atoms with E-state index in [1.165, 1.54) is 12.1 Å². The highest BCUT2D eigenvalue weighted by molar-refractivity contribution is 6.31. The molecule has 8 heteroatoms. The number of piperidine rings is 1. The predicted molar refractivity (Wildman–Crippen MR) is 129 cm³/mol. The molecule has 4 rings (SSSR count). The normalized spacial score (nSPS) is 26.3. The minimum Gasteiger partial charge on any atom is -0.369 e. The van der Waals surface area contributed by atoms with E-state index >= 15 is 0 Å². The van der Waals surface area contributed by atoms with E-state index in [0.29, 0.717) is 5.92 Å².